The molecule has 6 nitrogen and oxygen atoms in total. The Morgan fingerprint density at radius 2 is 2.32 bits per heavy atom. The lowest BCUT2D eigenvalue weighted by molar-refractivity contribution is 0.177. The van der Waals surface area contributed by atoms with Crippen LogP contribution in [0, 0.1) is 0 Å². The molecule has 19 heavy (non-hydrogen) atoms. The summed E-state index contributed by atoms with van der Waals surface area (Å²) in [6.45, 7) is 1.48. The second kappa shape index (κ2) is 6.68. The van der Waals surface area contributed by atoms with Gasteiger partial charge in [0.2, 0.25) is 0 Å². The van der Waals surface area contributed by atoms with Crippen LogP contribution in [-0.2, 0) is 11.3 Å². The molecule has 0 radical (unpaired) electrons. The Balaban J connectivity index is 2.28. The topological polar surface area (TPSA) is 70.5 Å². The highest BCUT2D eigenvalue weighted by atomic mass is 16.5. The smallest absolute Gasteiger partial charge is 0.158 e. The van der Waals surface area contributed by atoms with Crippen molar-refractivity contribution in [3.8, 4) is 0 Å². The Morgan fingerprint density at radius 3 is 3.00 bits per heavy atom. The van der Waals surface area contributed by atoms with Crippen LogP contribution in [0.25, 0.3) is 0 Å². The summed E-state index contributed by atoms with van der Waals surface area (Å²) in [7, 11) is 3.47. The molecule has 1 aliphatic heterocycles. The van der Waals surface area contributed by atoms with E-state index in [1.165, 1.54) is 0 Å². The van der Waals surface area contributed by atoms with Crippen LogP contribution in [0.5, 0.6) is 0 Å². The minimum absolute atomic E-state index is 0.156. The van der Waals surface area contributed by atoms with E-state index in [0.29, 0.717) is 12.4 Å². The Hall–Kier alpha value is -1.40. The fourth-order valence-corrected chi connectivity index (χ4v) is 2.44. The van der Waals surface area contributed by atoms with Gasteiger partial charge < -0.3 is 20.1 Å². The molecule has 1 aromatic rings. The van der Waals surface area contributed by atoms with Gasteiger partial charge in [0.25, 0.3) is 0 Å². The van der Waals surface area contributed by atoms with Gasteiger partial charge in [0.05, 0.1) is 12.6 Å². The molecule has 1 atom stereocenters. The molecule has 0 spiro atoms. The first-order valence-corrected chi connectivity index (χ1v) is 6.70. The zero-order valence-corrected chi connectivity index (χ0v) is 11.6. The highest BCUT2D eigenvalue weighted by Crippen LogP contribution is 2.24. The summed E-state index contributed by atoms with van der Waals surface area (Å²) >= 11 is 0. The number of aliphatic hydroxyl groups is 1. The van der Waals surface area contributed by atoms with Gasteiger partial charge in [0, 0.05) is 26.8 Å². The molecule has 0 bridgehead atoms. The van der Waals surface area contributed by atoms with Crippen LogP contribution in [0.4, 0.5) is 11.6 Å². The number of rotatable bonds is 5. The molecule has 1 aliphatic rings. The lowest BCUT2D eigenvalue weighted by Crippen LogP contribution is -2.42. The van der Waals surface area contributed by atoms with Gasteiger partial charge in [0.1, 0.15) is 18.2 Å². The van der Waals surface area contributed by atoms with Gasteiger partial charge in [-0.3, -0.25) is 0 Å². The summed E-state index contributed by atoms with van der Waals surface area (Å²) < 4.78 is 5.10. The number of hydrogen-bond acceptors (Lipinski definition) is 6. The van der Waals surface area contributed by atoms with Gasteiger partial charge in [-0.1, -0.05) is 0 Å². The number of nitrogens with one attached hydrogen (secondary N) is 1. The van der Waals surface area contributed by atoms with Gasteiger partial charge in [0.15, 0.2) is 5.82 Å². The number of piperidine rings is 1. The third-order valence-electron chi connectivity index (χ3n) is 3.42. The monoisotopic (exact) mass is 266 g/mol. The fraction of sp³-hybridized carbons (Fsp3) is 0.692. The van der Waals surface area contributed by atoms with Crippen LogP contribution < -0.4 is 10.2 Å². The first-order valence-electron chi connectivity index (χ1n) is 6.70. The normalized spacial score (nSPS) is 19.5. The molecule has 2 rings (SSSR count). The predicted octanol–water partition coefficient (Wildman–Crippen LogP) is 1.02. The maximum Gasteiger partial charge on any atom is 0.158 e. The van der Waals surface area contributed by atoms with Gasteiger partial charge in [-0.05, 0) is 19.3 Å². The number of aliphatic hydroxyl groups excluding tert-OH is 1. The average Bonchev–Trinajstić information content (AvgIpc) is 2.47. The highest BCUT2D eigenvalue weighted by Gasteiger charge is 2.23. The standard InChI is InChI=1S/C13H22N4O2/c1-14-11-7-13(16-12(15-11)9-19-2)17-6-4-3-5-10(17)8-18/h7,10,18H,3-6,8-9H2,1-2H3,(H,14,15,16). The third-order valence-corrected chi connectivity index (χ3v) is 3.42. The molecule has 2 heterocycles. The lowest BCUT2D eigenvalue weighted by atomic mass is 10.0. The van der Waals surface area contributed by atoms with Crippen molar-refractivity contribution in [3.05, 3.63) is 11.9 Å². The maximum absolute atomic E-state index is 9.50. The molecule has 1 unspecified atom stereocenters. The molecular formula is C13H22N4O2. The van der Waals surface area contributed by atoms with Crippen LogP contribution in [0.2, 0.25) is 0 Å². The van der Waals surface area contributed by atoms with Gasteiger partial charge in [-0.2, -0.15) is 0 Å². The molecule has 0 aliphatic carbocycles. The van der Waals surface area contributed by atoms with E-state index in [4.69, 9.17) is 4.74 Å². The Bertz CT molecular complexity index is 414. The first-order chi connectivity index (χ1) is 9.28. The minimum Gasteiger partial charge on any atom is -0.394 e. The summed E-state index contributed by atoms with van der Waals surface area (Å²) in [4.78, 5) is 11.1. The van der Waals surface area contributed by atoms with Gasteiger partial charge in [-0.15, -0.1) is 0 Å². The minimum atomic E-state index is 0.156. The van der Waals surface area contributed by atoms with Crippen molar-refractivity contribution in [2.24, 2.45) is 0 Å². The zero-order valence-electron chi connectivity index (χ0n) is 11.6. The van der Waals surface area contributed by atoms with Crippen molar-refractivity contribution in [3.63, 3.8) is 0 Å². The van der Waals surface area contributed by atoms with Crippen molar-refractivity contribution >= 4 is 11.6 Å². The van der Waals surface area contributed by atoms with Crippen LogP contribution in [0.15, 0.2) is 6.07 Å². The van der Waals surface area contributed by atoms with Gasteiger partial charge in [-0.25, -0.2) is 9.97 Å². The molecule has 1 aromatic heterocycles. The molecular weight excluding hydrogens is 244 g/mol. The third kappa shape index (κ3) is 3.33. The Kier molecular flexibility index (Phi) is 4.93. The number of methoxy groups -OCH3 is 1. The summed E-state index contributed by atoms with van der Waals surface area (Å²) in [6.07, 6.45) is 3.31. The van der Waals surface area contributed by atoms with E-state index in [9.17, 15) is 5.11 Å². The Morgan fingerprint density at radius 1 is 1.47 bits per heavy atom. The van der Waals surface area contributed by atoms with Crippen LogP contribution in [0.1, 0.15) is 25.1 Å². The Labute approximate surface area is 113 Å². The number of hydrogen-bond donors (Lipinski definition) is 2. The molecule has 0 aromatic carbocycles. The summed E-state index contributed by atoms with van der Waals surface area (Å²) in [5.74, 6) is 2.30. The largest absolute Gasteiger partial charge is 0.394 e. The quantitative estimate of drug-likeness (QED) is 0.829. The van der Waals surface area contributed by atoms with Crippen LogP contribution in [-0.4, -0.2) is 48.4 Å². The number of nitrogens with zero attached hydrogens (tertiary/aromatic N) is 3. The number of anilines is 2. The SMILES string of the molecule is CNc1cc(N2CCCCC2CO)nc(COC)n1. The van der Waals surface area contributed by atoms with Crippen LogP contribution in [0.3, 0.4) is 0 Å². The van der Waals surface area contributed by atoms with E-state index in [2.05, 4.69) is 20.2 Å². The van der Waals surface area contributed by atoms with Crippen molar-refractivity contribution in [2.45, 2.75) is 31.9 Å². The van der Waals surface area contributed by atoms with E-state index < -0.39 is 0 Å². The first kappa shape index (κ1) is 14.0. The lowest BCUT2D eigenvalue weighted by Gasteiger charge is -2.35. The van der Waals surface area contributed by atoms with Crippen LogP contribution >= 0.6 is 0 Å². The predicted molar refractivity (Wildman–Crippen MR) is 74.4 cm³/mol. The van der Waals surface area contributed by atoms with E-state index >= 15 is 0 Å². The molecule has 1 saturated heterocycles. The molecule has 0 amide bonds. The molecule has 6 heteroatoms. The highest BCUT2D eigenvalue weighted by molar-refractivity contribution is 5.50. The summed E-state index contributed by atoms with van der Waals surface area (Å²) in [6, 6.07) is 2.08. The molecule has 106 valence electrons. The van der Waals surface area contributed by atoms with Crippen molar-refractivity contribution in [1.82, 2.24) is 9.97 Å². The number of aromatic nitrogens is 2. The zero-order chi connectivity index (χ0) is 13.7. The fourth-order valence-electron chi connectivity index (χ4n) is 2.44. The average molecular weight is 266 g/mol. The van der Waals surface area contributed by atoms with E-state index in [-0.39, 0.29) is 12.6 Å². The maximum atomic E-state index is 9.50. The molecule has 1 fully saturated rings. The summed E-state index contributed by atoms with van der Waals surface area (Å²) in [5.41, 5.74) is 0. The van der Waals surface area contributed by atoms with Crippen molar-refractivity contribution in [2.75, 3.05) is 37.5 Å². The van der Waals surface area contributed by atoms with Crippen molar-refractivity contribution < 1.29 is 9.84 Å². The van der Waals surface area contributed by atoms with Gasteiger partial charge >= 0.3 is 0 Å². The summed E-state index contributed by atoms with van der Waals surface area (Å²) in [5, 5.41) is 12.5. The second-order valence-corrected chi connectivity index (χ2v) is 4.74. The number of ether oxygens (including phenoxy) is 1. The van der Waals surface area contributed by atoms with E-state index in [1.807, 2.05) is 13.1 Å². The van der Waals surface area contributed by atoms with Crippen molar-refractivity contribution in [1.29, 1.82) is 0 Å². The molecule has 2 N–H and O–H groups in total. The van der Waals surface area contributed by atoms with E-state index in [0.717, 1.165) is 37.4 Å². The van der Waals surface area contributed by atoms with E-state index in [1.54, 1.807) is 7.11 Å². The second-order valence-electron chi connectivity index (χ2n) is 4.74. The molecule has 0 saturated carbocycles.